The van der Waals surface area contributed by atoms with Crippen molar-refractivity contribution in [1.29, 1.82) is 0 Å². The number of halogens is 2. The predicted octanol–water partition coefficient (Wildman–Crippen LogP) is 0.984. The van der Waals surface area contributed by atoms with Crippen LogP contribution < -0.4 is 16.2 Å². The van der Waals surface area contributed by atoms with Gasteiger partial charge < -0.3 is 16.2 Å². The number of amides is 1. The Balaban J connectivity index is 0.00000225. The van der Waals surface area contributed by atoms with Crippen molar-refractivity contribution in [2.45, 2.75) is 23.8 Å². The Bertz CT molecular complexity index is 759. The Morgan fingerprint density at radius 1 is 1.32 bits per heavy atom. The van der Waals surface area contributed by atoms with Gasteiger partial charge in [0.1, 0.15) is 10.6 Å². The van der Waals surface area contributed by atoms with Crippen LogP contribution in [0.2, 0.25) is 5.02 Å². The molecule has 10 heteroatoms. The molecule has 3 atom stereocenters. The molecule has 140 valence electrons. The first kappa shape index (κ1) is 20.3. The van der Waals surface area contributed by atoms with Crippen molar-refractivity contribution < 1.29 is 17.9 Å². The molecule has 4 N–H and O–H groups in total. The standard InChI is InChI=1S/C15H20ClN3O4S.ClH/c16-10-2-4-13(23-8-15(18)20)14(5-10)24(21,22)19-6-9-1-3-12(17)11(9)7-19;/h2,4-5,9,11-12H,1,3,6-8,17H2,(H2,18,20);1H. The normalized spacial score (nSPS) is 26.1. The summed E-state index contributed by atoms with van der Waals surface area (Å²) >= 11 is 5.96. The Labute approximate surface area is 158 Å². The molecule has 0 bridgehead atoms. The maximum Gasteiger partial charge on any atom is 0.255 e. The molecule has 1 aromatic rings. The second-order valence-corrected chi connectivity index (χ2v) is 8.68. The highest BCUT2D eigenvalue weighted by atomic mass is 35.5. The summed E-state index contributed by atoms with van der Waals surface area (Å²) in [7, 11) is -3.79. The van der Waals surface area contributed by atoms with Gasteiger partial charge in [-0.05, 0) is 42.9 Å². The lowest BCUT2D eigenvalue weighted by Crippen LogP contribution is -2.33. The number of primary amides is 1. The molecule has 2 aliphatic rings. The summed E-state index contributed by atoms with van der Waals surface area (Å²) in [4.78, 5) is 10.9. The lowest BCUT2D eigenvalue weighted by Gasteiger charge is -2.20. The van der Waals surface area contributed by atoms with E-state index in [4.69, 9.17) is 27.8 Å². The molecule has 2 fully saturated rings. The highest BCUT2D eigenvalue weighted by Gasteiger charge is 2.45. The van der Waals surface area contributed by atoms with E-state index in [1.54, 1.807) is 0 Å². The van der Waals surface area contributed by atoms with E-state index in [0.29, 0.717) is 19.0 Å². The minimum absolute atomic E-state index is 0. The molecule has 1 amide bonds. The van der Waals surface area contributed by atoms with Crippen LogP contribution in [0.1, 0.15) is 12.8 Å². The molecule has 0 spiro atoms. The quantitative estimate of drug-likeness (QED) is 0.751. The number of nitrogens with two attached hydrogens (primary N) is 2. The Morgan fingerprint density at radius 2 is 2.04 bits per heavy atom. The van der Waals surface area contributed by atoms with E-state index in [2.05, 4.69) is 0 Å². The highest BCUT2D eigenvalue weighted by molar-refractivity contribution is 7.89. The van der Waals surface area contributed by atoms with Gasteiger partial charge in [-0.3, -0.25) is 4.79 Å². The summed E-state index contributed by atoms with van der Waals surface area (Å²) in [6, 6.07) is 4.31. The third-order valence-corrected chi connectivity index (χ3v) is 6.86. The van der Waals surface area contributed by atoms with Crippen LogP contribution in [-0.2, 0) is 14.8 Å². The summed E-state index contributed by atoms with van der Waals surface area (Å²) in [5.74, 6) is -0.132. The van der Waals surface area contributed by atoms with Gasteiger partial charge in [-0.15, -0.1) is 12.4 Å². The number of ether oxygens (including phenoxy) is 1. The molecule has 1 saturated carbocycles. The van der Waals surface area contributed by atoms with Gasteiger partial charge in [0.2, 0.25) is 10.0 Å². The van der Waals surface area contributed by atoms with Crippen LogP contribution in [0.5, 0.6) is 5.75 Å². The second-order valence-electron chi connectivity index (χ2n) is 6.33. The molecular weight excluding hydrogens is 389 g/mol. The first-order chi connectivity index (χ1) is 11.3. The van der Waals surface area contributed by atoms with Crippen LogP contribution in [0.3, 0.4) is 0 Å². The molecule has 1 heterocycles. The molecule has 1 aromatic carbocycles. The molecule has 3 unspecified atom stereocenters. The van der Waals surface area contributed by atoms with Gasteiger partial charge in [0.25, 0.3) is 5.91 Å². The van der Waals surface area contributed by atoms with Gasteiger partial charge in [-0.2, -0.15) is 4.31 Å². The van der Waals surface area contributed by atoms with Crippen molar-refractivity contribution in [2.75, 3.05) is 19.7 Å². The average Bonchev–Trinajstić information content (AvgIpc) is 3.09. The highest BCUT2D eigenvalue weighted by Crippen LogP contribution is 2.40. The van der Waals surface area contributed by atoms with Crippen molar-refractivity contribution in [3.05, 3.63) is 23.2 Å². The van der Waals surface area contributed by atoms with Gasteiger partial charge in [-0.25, -0.2) is 8.42 Å². The molecular formula is C15H21Cl2N3O4S. The summed E-state index contributed by atoms with van der Waals surface area (Å²) in [6.45, 7) is 0.443. The van der Waals surface area contributed by atoms with Crippen molar-refractivity contribution in [1.82, 2.24) is 4.31 Å². The SMILES string of the molecule is Cl.NC(=O)COc1ccc(Cl)cc1S(=O)(=O)N1CC2CCC(N)C2C1. The number of nitrogens with zero attached hydrogens (tertiary/aromatic N) is 1. The molecule has 3 rings (SSSR count). The molecule has 7 nitrogen and oxygen atoms in total. The van der Waals surface area contributed by atoms with Gasteiger partial charge in [0.05, 0.1) is 0 Å². The molecule has 1 aliphatic heterocycles. The molecule has 0 aromatic heterocycles. The minimum atomic E-state index is -3.79. The Hall–Kier alpha value is -1.06. The fraction of sp³-hybridized carbons (Fsp3) is 0.533. The van der Waals surface area contributed by atoms with Crippen LogP contribution in [0.4, 0.5) is 0 Å². The number of rotatable bonds is 5. The number of carbonyl (C=O) groups is 1. The Morgan fingerprint density at radius 3 is 2.68 bits per heavy atom. The van der Waals surface area contributed by atoms with Crippen molar-refractivity contribution in [3.8, 4) is 5.75 Å². The van der Waals surface area contributed by atoms with E-state index in [1.807, 2.05) is 0 Å². The van der Waals surface area contributed by atoms with Crippen LogP contribution in [0, 0.1) is 11.8 Å². The average molecular weight is 410 g/mol. The van der Waals surface area contributed by atoms with Crippen LogP contribution in [0.25, 0.3) is 0 Å². The number of benzene rings is 1. The number of fused-ring (bicyclic) bond motifs is 1. The zero-order valence-electron chi connectivity index (χ0n) is 13.4. The monoisotopic (exact) mass is 409 g/mol. The second kappa shape index (κ2) is 7.67. The maximum atomic E-state index is 13.0. The topological polar surface area (TPSA) is 116 Å². The van der Waals surface area contributed by atoms with E-state index in [9.17, 15) is 13.2 Å². The molecule has 25 heavy (non-hydrogen) atoms. The van der Waals surface area contributed by atoms with Gasteiger partial charge in [0.15, 0.2) is 6.61 Å². The lowest BCUT2D eigenvalue weighted by atomic mass is 9.98. The molecule has 1 aliphatic carbocycles. The molecule has 0 radical (unpaired) electrons. The summed E-state index contributed by atoms with van der Waals surface area (Å²) in [6.07, 6.45) is 1.88. The number of hydrogen-bond donors (Lipinski definition) is 2. The first-order valence-corrected chi connectivity index (χ1v) is 9.57. The number of sulfonamides is 1. The van der Waals surface area contributed by atoms with Crippen LogP contribution >= 0.6 is 24.0 Å². The zero-order chi connectivity index (χ0) is 17.5. The Kier molecular flexibility index (Phi) is 6.22. The van der Waals surface area contributed by atoms with Crippen molar-refractivity contribution in [2.24, 2.45) is 23.3 Å². The summed E-state index contributed by atoms with van der Waals surface area (Å²) in [5.41, 5.74) is 11.1. The van der Waals surface area contributed by atoms with Gasteiger partial charge in [0, 0.05) is 24.2 Å². The summed E-state index contributed by atoms with van der Waals surface area (Å²) in [5, 5.41) is 0.274. The smallest absolute Gasteiger partial charge is 0.255 e. The number of hydrogen-bond acceptors (Lipinski definition) is 5. The lowest BCUT2D eigenvalue weighted by molar-refractivity contribution is -0.120. The molecule has 1 saturated heterocycles. The van der Waals surface area contributed by atoms with E-state index >= 15 is 0 Å². The third kappa shape index (κ3) is 4.03. The first-order valence-electron chi connectivity index (χ1n) is 7.75. The predicted molar refractivity (Wildman–Crippen MR) is 96.3 cm³/mol. The third-order valence-electron chi connectivity index (χ3n) is 4.77. The van der Waals surface area contributed by atoms with E-state index in [0.717, 1.165) is 12.8 Å². The van der Waals surface area contributed by atoms with Gasteiger partial charge >= 0.3 is 0 Å². The fourth-order valence-corrected chi connectivity index (χ4v) is 5.48. The van der Waals surface area contributed by atoms with Crippen LogP contribution in [-0.4, -0.2) is 44.4 Å². The fourth-order valence-electron chi connectivity index (χ4n) is 3.55. The van der Waals surface area contributed by atoms with E-state index < -0.39 is 22.5 Å². The van der Waals surface area contributed by atoms with E-state index in [-0.39, 0.29) is 40.0 Å². The zero-order valence-corrected chi connectivity index (χ0v) is 15.8. The van der Waals surface area contributed by atoms with Crippen molar-refractivity contribution in [3.63, 3.8) is 0 Å². The van der Waals surface area contributed by atoms with E-state index in [1.165, 1.54) is 22.5 Å². The van der Waals surface area contributed by atoms with Crippen molar-refractivity contribution >= 4 is 39.9 Å². The maximum absolute atomic E-state index is 13.0. The largest absolute Gasteiger partial charge is 0.482 e. The van der Waals surface area contributed by atoms with Crippen LogP contribution in [0.15, 0.2) is 23.1 Å². The summed E-state index contributed by atoms with van der Waals surface area (Å²) < 4.78 is 32.7. The number of carbonyl (C=O) groups excluding carboxylic acids is 1. The minimum Gasteiger partial charge on any atom is -0.482 e. The van der Waals surface area contributed by atoms with Gasteiger partial charge in [-0.1, -0.05) is 11.6 Å².